The molecular weight excluding hydrogens is 332 g/mol. The average molecular weight is 356 g/mol. The van der Waals surface area contributed by atoms with E-state index in [0.29, 0.717) is 11.0 Å². The van der Waals surface area contributed by atoms with E-state index in [2.05, 4.69) is 24.5 Å². The zero-order valence-electron chi connectivity index (χ0n) is 14.8. The van der Waals surface area contributed by atoms with Crippen LogP contribution in [0.25, 0.3) is 0 Å². The summed E-state index contributed by atoms with van der Waals surface area (Å²) in [7, 11) is 0. The molecule has 5 heteroatoms. The predicted octanol–water partition coefficient (Wildman–Crippen LogP) is 3.94. The van der Waals surface area contributed by atoms with Gasteiger partial charge in [0, 0.05) is 0 Å². The predicted molar refractivity (Wildman–Crippen MR) is 105 cm³/mol. The summed E-state index contributed by atoms with van der Waals surface area (Å²) in [5.41, 5.74) is 2.18. The minimum atomic E-state index is -0.281. The number of amides is 1. The largest absolute Gasteiger partial charge is 0.483 e. The van der Waals surface area contributed by atoms with Crippen LogP contribution in [-0.2, 0) is 4.79 Å². The Morgan fingerprint density at radius 1 is 1.04 bits per heavy atom. The van der Waals surface area contributed by atoms with Gasteiger partial charge in [-0.05, 0) is 42.3 Å². The second-order valence-electron chi connectivity index (χ2n) is 6.14. The number of ether oxygens (including phenoxy) is 1. The Balaban J connectivity index is 1.83. The zero-order chi connectivity index (χ0) is 18.2. The zero-order valence-corrected chi connectivity index (χ0v) is 15.6. The Morgan fingerprint density at radius 3 is 2.36 bits per heavy atom. The number of thiocarbonyl (C=S) groups is 1. The van der Waals surface area contributed by atoms with Gasteiger partial charge in [0.05, 0.1) is 6.04 Å². The molecular formula is C20H24N2O2S. The molecule has 0 spiro atoms. The normalized spacial score (nSPS) is 11.7. The summed E-state index contributed by atoms with van der Waals surface area (Å²) in [4.78, 5) is 12.1. The first-order valence-corrected chi connectivity index (χ1v) is 8.75. The van der Waals surface area contributed by atoms with Gasteiger partial charge < -0.3 is 15.4 Å². The molecule has 2 N–H and O–H groups in total. The first-order valence-electron chi connectivity index (χ1n) is 8.34. The topological polar surface area (TPSA) is 50.4 Å². The molecule has 0 aliphatic rings. The van der Waals surface area contributed by atoms with Crippen molar-refractivity contribution >= 4 is 23.2 Å². The first-order chi connectivity index (χ1) is 12.0. The quantitative estimate of drug-likeness (QED) is 0.770. The number of hydrogen-bond donors (Lipinski definition) is 2. The lowest BCUT2D eigenvalue weighted by Gasteiger charge is -2.17. The minimum absolute atomic E-state index is 0.0107. The van der Waals surface area contributed by atoms with Gasteiger partial charge in [0.15, 0.2) is 11.7 Å². The van der Waals surface area contributed by atoms with Crippen LogP contribution in [0.4, 0.5) is 0 Å². The molecule has 132 valence electrons. The molecule has 4 nitrogen and oxygen atoms in total. The van der Waals surface area contributed by atoms with Crippen LogP contribution in [0.5, 0.6) is 5.75 Å². The van der Waals surface area contributed by atoms with Crippen LogP contribution < -0.4 is 15.4 Å². The third-order valence-electron chi connectivity index (χ3n) is 3.80. The molecule has 1 atom stereocenters. The van der Waals surface area contributed by atoms with Crippen LogP contribution in [0, 0.1) is 0 Å². The molecule has 0 saturated heterocycles. The fraction of sp³-hybridized carbons (Fsp3) is 0.300. The van der Waals surface area contributed by atoms with Crippen LogP contribution >= 0.6 is 12.2 Å². The maximum atomic E-state index is 12.1. The summed E-state index contributed by atoms with van der Waals surface area (Å²) >= 11 is 5.21. The second-order valence-corrected chi connectivity index (χ2v) is 6.54. The summed E-state index contributed by atoms with van der Waals surface area (Å²) in [6.07, 6.45) is 0. The molecule has 0 bridgehead atoms. The van der Waals surface area contributed by atoms with Gasteiger partial charge >= 0.3 is 0 Å². The molecule has 2 aromatic rings. The highest BCUT2D eigenvalue weighted by atomic mass is 32.1. The van der Waals surface area contributed by atoms with Crippen molar-refractivity contribution < 1.29 is 9.53 Å². The number of benzene rings is 2. The number of nitrogens with one attached hydrogen (secondary N) is 2. The summed E-state index contributed by atoms with van der Waals surface area (Å²) in [6.45, 7) is 6.09. The molecule has 0 saturated carbocycles. The summed E-state index contributed by atoms with van der Waals surface area (Å²) in [6, 6.07) is 17.7. The summed E-state index contributed by atoms with van der Waals surface area (Å²) in [5.74, 6) is 0.772. The van der Waals surface area contributed by atoms with Crippen LogP contribution in [0.3, 0.4) is 0 Å². The Hall–Kier alpha value is -2.40. The average Bonchev–Trinajstić information content (AvgIpc) is 2.60. The van der Waals surface area contributed by atoms with Crippen molar-refractivity contribution in [1.29, 1.82) is 0 Å². The standard InChI is InChI=1S/C20H24N2O2S/c1-14(2)17-11-7-8-12-18(17)24-13-19(23)22-20(25)21-15(3)16-9-5-4-6-10-16/h4-12,14-15H,13H2,1-3H3,(H2,21,22,23,25). The number of para-hydroxylation sites is 1. The Morgan fingerprint density at radius 2 is 1.68 bits per heavy atom. The third-order valence-corrected chi connectivity index (χ3v) is 4.02. The lowest BCUT2D eigenvalue weighted by Crippen LogP contribution is -2.42. The van der Waals surface area contributed by atoms with E-state index >= 15 is 0 Å². The number of carbonyl (C=O) groups excluding carboxylic acids is 1. The van der Waals surface area contributed by atoms with Crippen molar-refractivity contribution in [3.05, 3.63) is 65.7 Å². The fourth-order valence-electron chi connectivity index (χ4n) is 2.45. The van der Waals surface area contributed by atoms with E-state index in [-0.39, 0.29) is 18.6 Å². The molecule has 0 aromatic heterocycles. The van der Waals surface area contributed by atoms with E-state index in [4.69, 9.17) is 17.0 Å². The van der Waals surface area contributed by atoms with Gasteiger partial charge in [0.1, 0.15) is 5.75 Å². The van der Waals surface area contributed by atoms with Gasteiger partial charge in [-0.2, -0.15) is 0 Å². The molecule has 0 aliphatic carbocycles. The third kappa shape index (κ3) is 5.87. The van der Waals surface area contributed by atoms with Crippen molar-refractivity contribution in [2.24, 2.45) is 0 Å². The molecule has 0 aliphatic heterocycles. The molecule has 0 radical (unpaired) electrons. The Bertz CT molecular complexity index is 717. The smallest absolute Gasteiger partial charge is 0.264 e. The SMILES string of the molecule is CC(C)c1ccccc1OCC(=O)NC(=S)NC(C)c1ccccc1. The maximum absolute atomic E-state index is 12.1. The van der Waals surface area contributed by atoms with Crippen LogP contribution in [0.15, 0.2) is 54.6 Å². The maximum Gasteiger partial charge on any atom is 0.264 e. The summed E-state index contributed by atoms with van der Waals surface area (Å²) < 4.78 is 5.65. The number of hydrogen-bond acceptors (Lipinski definition) is 3. The van der Waals surface area contributed by atoms with E-state index < -0.39 is 0 Å². The fourth-order valence-corrected chi connectivity index (χ4v) is 2.74. The highest BCUT2D eigenvalue weighted by molar-refractivity contribution is 7.80. The van der Waals surface area contributed by atoms with E-state index in [9.17, 15) is 4.79 Å². The number of carbonyl (C=O) groups is 1. The van der Waals surface area contributed by atoms with Crippen molar-refractivity contribution in [2.45, 2.75) is 32.7 Å². The highest BCUT2D eigenvalue weighted by Gasteiger charge is 2.12. The van der Waals surface area contributed by atoms with Crippen LogP contribution in [0.1, 0.15) is 43.9 Å². The van der Waals surface area contributed by atoms with Gasteiger partial charge in [-0.25, -0.2) is 0 Å². The van der Waals surface area contributed by atoms with Gasteiger partial charge in [-0.3, -0.25) is 4.79 Å². The highest BCUT2D eigenvalue weighted by Crippen LogP contribution is 2.25. The molecule has 2 rings (SSSR count). The van der Waals surface area contributed by atoms with Crippen molar-refractivity contribution in [3.63, 3.8) is 0 Å². The van der Waals surface area contributed by atoms with Gasteiger partial charge in [0.25, 0.3) is 5.91 Å². The molecule has 2 aromatic carbocycles. The van der Waals surface area contributed by atoms with Crippen LogP contribution in [-0.4, -0.2) is 17.6 Å². The van der Waals surface area contributed by atoms with E-state index in [0.717, 1.165) is 16.9 Å². The van der Waals surface area contributed by atoms with Gasteiger partial charge in [-0.1, -0.05) is 62.4 Å². The van der Waals surface area contributed by atoms with E-state index in [1.54, 1.807) is 0 Å². The molecule has 1 unspecified atom stereocenters. The Kier molecular flexibility index (Phi) is 6.95. The molecule has 0 heterocycles. The number of rotatable bonds is 6. The van der Waals surface area contributed by atoms with Crippen molar-refractivity contribution in [3.8, 4) is 5.75 Å². The van der Waals surface area contributed by atoms with Gasteiger partial charge in [-0.15, -0.1) is 0 Å². The molecule has 1 amide bonds. The van der Waals surface area contributed by atoms with Gasteiger partial charge in [0.2, 0.25) is 0 Å². The minimum Gasteiger partial charge on any atom is -0.483 e. The van der Waals surface area contributed by atoms with Crippen molar-refractivity contribution in [1.82, 2.24) is 10.6 Å². The van der Waals surface area contributed by atoms with Crippen LogP contribution in [0.2, 0.25) is 0 Å². The monoisotopic (exact) mass is 356 g/mol. The first kappa shape index (κ1) is 18.9. The molecule has 25 heavy (non-hydrogen) atoms. The second kappa shape index (κ2) is 9.18. The lowest BCUT2D eigenvalue weighted by atomic mass is 10.0. The van der Waals surface area contributed by atoms with E-state index in [1.165, 1.54) is 0 Å². The van der Waals surface area contributed by atoms with E-state index in [1.807, 2.05) is 61.5 Å². The summed E-state index contributed by atoms with van der Waals surface area (Å²) in [5, 5.41) is 6.05. The molecule has 0 fully saturated rings. The van der Waals surface area contributed by atoms with Crippen molar-refractivity contribution in [2.75, 3.05) is 6.61 Å². The Labute approximate surface area is 154 Å². The lowest BCUT2D eigenvalue weighted by molar-refractivity contribution is -0.121.